The van der Waals surface area contributed by atoms with Crippen molar-refractivity contribution in [3.8, 4) is 0 Å². The summed E-state index contributed by atoms with van der Waals surface area (Å²) in [5.74, 6) is 0. The minimum absolute atomic E-state index is 0. The Balaban J connectivity index is 0.00000200. The second kappa shape index (κ2) is 7.53. The van der Waals surface area contributed by atoms with E-state index in [9.17, 15) is 8.42 Å². The number of ether oxygens (including phenoxy) is 1. The molecule has 0 aromatic heterocycles. The van der Waals surface area contributed by atoms with E-state index in [0.717, 1.165) is 48.1 Å². The van der Waals surface area contributed by atoms with Gasteiger partial charge in [0.25, 0.3) is 10.1 Å². The molecule has 0 aliphatic carbocycles. The van der Waals surface area contributed by atoms with Crippen LogP contribution >= 0.6 is 0 Å². The molecule has 1 aliphatic rings. The summed E-state index contributed by atoms with van der Waals surface area (Å²) in [5.41, 5.74) is 1.08. The molecule has 0 amide bonds. The molecule has 1 heterocycles. The van der Waals surface area contributed by atoms with Crippen molar-refractivity contribution >= 4 is 49.9 Å². The SMILES string of the molecule is O=S(=O)(O)c1ccc(CCC2([SiH3])CCCCO2)cc1.[NaH]. The maximum atomic E-state index is 10.9. The van der Waals surface area contributed by atoms with Gasteiger partial charge in [-0.2, -0.15) is 8.42 Å². The van der Waals surface area contributed by atoms with Crippen LogP contribution in [-0.4, -0.2) is 64.6 Å². The molecule has 7 heteroatoms. The fraction of sp³-hybridized carbons (Fsp3) is 0.538. The molecule has 1 aliphatic heterocycles. The zero-order valence-electron chi connectivity index (χ0n) is 11.1. The van der Waals surface area contributed by atoms with Gasteiger partial charge in [-0.25, -0.2) is 0 Å². The first kappa shape index (κ1) is 18.4. The first-order valence-corrected chi connectivity index (χ1v) is 9.03. The van der Waals surface area contributed by atoms with E-state index in [0.29, 0.717) is 0 Å². The molecule has 2 rings (SSSR count). The molecule has 1 unspecified atom stereocenters. The van der Waals surface area contributed by atoms with Crippen LogP contribution in [0.4, 0.5) is 0 Å². The first-order valence-electron chi connectivity index (χ1n) is 6.59. The van der Waals surface area contributed by atoms with Crippen LogP contribution in [0.3, 0.4) is 0 Å². The quantitative estimate of drug-likeness (QED) is 0.646. The van der Waals surface area contributed by atoms with Crippen LogP contribution in [0.5, 0.6) is 0 Å². The van der Waals surface area contributed by atoms with E-state index < -0.39 is 10.1 Å². The Morgan fingerprint density at radius 3 is 2.40 bits per heavy atom. The van der Waals surface area contributed by atoms with Gasteiger partial charge in [-0.05, 0) is 49.8 Å². The van der Waals surface area contributed by atoms with E-state index >= 15 is 0 Å². The molecule has 0 bridgehead atoms. The first-order chi connectivity index (χ1) is 8.89. The summed E-state index contributed by atoms with van der Waals surface area (Å²) < 4.78 is 36.7. The molecular formula is C13H21NaO4SSi. The average Bonchev–Trinajstić information content (AvgIpc) is 2.37. The monoisotopic (exact) mass is 324 g/mol. The Labute approximate surface area is 145 Å². The third-order valence-corrected chi connectivity index (χ3v) is 5.87. The molecule has 0 spiro atoms. The Kier molecular flexibility index (Phi) is 6.91. The van der Waals surface area contributed by atoms with Gasteiger partial charge in [0.2, 0.25) is 0 Å². The van der Waals surface area contributed by atoms with Gasteiger partial charge in [0.05, 0.1) is 4.90 Å². The molecule has 1 aromatic carbocycles. The summed E-state index contributed by atoms with van der Waals surface area (Å²) >= 11 is 0. The van der Waals surface area contributed by atoms with Crippen molar-refractivity contribution in [2.75, 3.05) is 6.61 Å². The van der Waals surface area contributed by atoms with E-state index in [1.807, 2.05) is 0 Å². The van der Waals surface area contributed by atoms with Gasteiger partial charge >= 0.3 is 29.6 Å². The molecule has 1 atom stereocenters. The summed E-state index contributed by atoms with van der Waals surface area (Å²) in [4.78, 5) is -0.0502. The van der Waals surface area contributed by atoms with Crippen LogP contribution in [0.2, 0.25) is 0 Å². The van der Waals surface area contributed by atoms with E-state index in [4.69, 9.17) is 9.29 Å². The van der Waals surface area contributed by atoms with Crippen LogP contribution in [-0.2, 0) is 21.3 Å². The molecule has 1 N–H and O–H groups in total. The molecule has 0 saturated carbocycles. The normalized spacial score (nSPS) is 23.2. The van der Waals surface area contributed by atoms with Crippen molar-refractivity contribution in [2.45, 2.75) is 42.2 Å². The molecule has 20 heavy (non-hydrogen) atoms. The van der Waals surface area contributed by atoms with Crippen molar-refractivity contribution in [1.29, 1.82) is 0 Å². The summed E-state index contributed by atoms with van der Waals surface area (Å²) in [6.45, 7) is 0.866. The van der Waals surface area contributed by atoms with Crippen molar-refractivity contribution in [2.24, 2.45) is 0 Å². The molecular weight excluding hydrogens is 303 g/mol. The molecule has 1 aromatic rings. The van der Waals surface area contributed by atoms with Crippen molar-refractivity contribution < 1.29 is 17.7 Å². The fourth-order valence-electron chi connectivity index (χ4n) is 2.43. The second-order valence-electron chi connectivity index (χ2n) is 5.37. The fourth-order valence-corrected chi connectivity index (χ4v) is 3.71. The Bertz CT molecular complexity index is 524. The predicted octanol–water partition coefficient (Wildman–Crippen LogP) is 0.480. The van der Waals surface area contributed by atoms with E-state index in [-0.39, 0.29) is 39.7 Å². The molecule has 1 saturated heterocycles. The van der Waals surface area contributed by atoms with Gasteiger partial charge < -0.3 is 4.74 Å². The van der Waals surface area contributed by atoms with Gasteiger partial charge in [-0.3, -0.25) is 4.55 Å². The van der Waals surface area contributed by atoms with Gasteiger partial charge in [0.15, 0.2) is 0 Å². The van der Waals surface area contributed by atoms with Crippen LogP contribution in [0, 0.1) is 0 Å². The predicted molar refractivity (Wildman–Crippen MR) is 84.2 cm³/mol. The zero-order chi connectivity index (χ0) is 13.9. The van der Waals surface area contributed by atoms with E-state index in [2.05, 4.69) is 0 Å². The number of hydrogen-bond donors (Lipinski definition) is 1. The maximum absolute atomic E-state index is 10.9. The zero-order valence-corrected chi connectivity index (χ0v) is 13.9. The molecule has 0 radical (unpaired) electrons. The number of aryl methyl sites for hydroxylation is 1. The third kappa shape index (κ3) is 5.25. The molecule has 1 fully saturated rings. The van der Waals surface area contributed by atoms with Crippen molar-refractivity contribution in [1.82, 2.24) is 0 Å². The summed E-state index contributed by atoms with van der Waals surface area (Å²) in [6, 6.07) is 6.42. The van der Waals surface area contributed by atoms with Crippen LogP contribution in [0.25, 0.3) is 0 Å². The minimum atomic E-state index is -4.08. The molecule has 108 valence electrons. The van der Waals surface area contributed by atoms with Crippen LogP contribution in [0.15, 0.2) is 29.2 Å². The number of benzene rings is 1. The van der Waals surface area contributed by atoms with E-state index in [1.165, 1.54) is 18.6 Å². The van der Waals surface area contributed by atoms with Gasteiger partial charge in [-0.15, -0.1) is 0 Å². The Hall–Kier alpha value is 0.307. The third-order valence-electron chi connectivity index (χ3n) is 3.71. The summed E-state index contributed by atoms with van der Waals surface area (Å²) in [6.07, 6.45) is 5.42. The van der Waals surface area contributed by atoms with Gasteiger partial charge in [-0.1, -0.05) is 12.1 Å². The van der Waals surface area contributed by atoms with Crippen LogP contribution in [0.1, 0.15) is 31.2 Å². The summed E-state index contributed by atoms with van der Waals surface area (Å²) in [5, 5.41) is 0.0833. The van der Waals surface area contributed by atoms with Crippen molar-refractivity contribution in [3.05, 3.63) is 29.8 Å². The van der Waals surface area contributed by atoms with Gasteiger partial charge in [0.1, 0.15) is 0 Å². The van der Waals surface area contributed by atoms with Gasteiger partial charge in [0, 0.05) is 22.1 Å². The van der Waals surface area contributed by atoms with E-state index in [1.54, 1.807) is 12.1 Å². The standard InChI is InChI=1S/C13H20O4SSi.Na.H/c14-18(15,16)12-5-3-11(4-6-12)7-9-13(19)8-1-2-10-17-13;;/h3-6H,1-2,7-10H2,19H3,(H,14,15,16);;. The molecule has 4 nitrogen and oxygen atoms in total. The second-order valence-corrected chi connectivity index (χ2v) is 8.62. The number of rotatable bonds is 4. The van der Waals surface area contributed by atoms with Crippen molar-refractivity contribution in [3.63, 3.8) is 0 Å². The Morgan fingerprint density at radius 1 is 1.25 bits per heavy atom. The summed E-state index contributed by atoms with van der Waals surface area (Å²) in [7, 11) is -3.06. The Morgan fingerprint density at radius 2 is 1.90 bits per heavy atom. The topological polar surface area (TPSA) is 63.6 Å². The van der Waals surface area contributed by atoms with Crippen LogP contribution < -0.4 is 0 Å². The number of hydrogen-bond acceptors (Lipinski definition) is 3. The average molecular weight is 324 g/mol.